The topological polar surface area (TPSA) is 38.4 Å². The van der Waals surface area contributed by atoms with Gasteiger partial charge in [-0.1, -0.05) is 19.1 Å². The quantitative estimate of drug-likeness (QED) is 0.730. The molecule has 1 unspecified atom stereocenters. The van der Waals surface area contributed by atoms with Gasteiger partial charge in [0.25, 0.3) is 0 Å². The summed E-state index contributed by atoms with van der Waals surface area (Å²) in [7, 11) is 0. The molecule has 0 radical (unpaired) electrons. The molecule has 0 aliphatic carbocycles. The fraction of sp³-hybridized carbons (Fsp3) is 0.300. The lowest BCUT2D eigenvalue weighted by Crippen LogP contribution is -2.20. The molecular weight excluding hydrogens is 180 g/mol. The van der Waals surface area contributed by atoms with Gasteiger partial charge in [-0.15, -0.1) is 11.3 Å². The van der Waals surface area contributed by atoms with Crippen LogP contribution in [0.1, 0.15) is 18.9 Å². The van der Waals surface area contributed by atoms with E-state index in [2.05, 4.69) is 29.4 Å². The summed E-state index contributed by atoms with van der Waals surface area (Å²) in [5, 5.41) is 4.13. The molecule has 1 aliphatic rings. The summed E-state index contributed by atoms with van der Waals surface area (Å²) in [6, 6.07) is 0. The Morgan fingerprint density at radius 1 is 1.54 bits per heavy atom. The normalized spacial score (nSPS) is 20.7. The van der Waals surface area contributed by atoms with E-state index in [9.17, 15) is 0 Å². The number of nitrogens with two attached hydrogens (primary N) is 1. The molecule has 0 saturated heterocycles. The van der Waals surface area contributed by atoms with Crippen molar-refractivity contribution in [3.63, 3.8) is 0 Å². The summed E-state index contributed by atoms with van der Waals surface area (Å²) < 4.78 is 0. The molecule has 2 nitrogen and oxygen atoms in total. The smallest absolute Gasteiger partial charge is 0.107 e. The zero-order valence-corrected chi connectivity index (χ0v) is 8.34. The van der Waals surface area contributed by atoms with Crippen molar-refractivity contribution in [1.82, 2.24) is 0 Å². The number of nitrogens with zero attached hydrogens (tertiary/aromatic N) is 1. The number of thiophene rings is 1. The van der Waals surface area contributed by atoms with Crippen LogP contribution in [0.4, 0.5) is 5.69 Å². The highest BCUT2D eigenvalue weighted by Gasteiger charge is 2.12. The van der Waals surface area contributed by atoms with Gasteiger partial charge in [0.05, 0.1) is 5.69 Å². The molecule has 1 aliphatic heterocycles. The average Bonchev–Trinajstić information content (AvgIpc) is 2.48. The lowest BCUT2D eigenvalue weighted by atomic mass is 10.1. The SMILES string of the molecule is CCC1C=Cc2cscc2N=C1N. The number of hydrogen-bond acceptors (Lipinski definition) is 3. The average molecular weight is 192 g/mol. The van der Waals surface area contributed by atoms with Gasteiger partial charge in [0.15, 0.2) is 0 Å². The van der Waals surface area contributed by atoms with Crippen LogP contribution in [0.3, 0.4) is 0 Å². The minimum absolute atomic E-state index is 0.303. The molecule has 2 rings (SSSR count). The van der Waals surface area contributed by atoms with Crippen molar-refractivity contribution in [3.8, 4) is 0 Å². The highest BCUT2D eigenvalue weighted by Crippen LogP contribution is 2.29. The zero-order chi connectivity index (χ0) is 9.26. The Hall–Kier alpha value is -1.09. The molecule has 0 spiro atoms. The fourth-order valence-electron chi connectivity index (χ4n) is 1.40. The Bertz CT molecular complexity index is 363. The first-order valence-electron chi connectivity index (χ1n) is 4.39. The maximum Gasteiger partial charge on any atom is 0.107 e. The minimum Gasteiger partial charge on any atom is -0.387 e. The third-order valence-electron chi connectivity index (χ3n) is 2.25. The van der Waals surface area contributed by atoms with Gasteiger partial charge in [0.1, 0.15) is 5.84 Å². The standard InChI is InChI=1S/C10H12N2S/c1-2-7-3-4-8-5-13-6-9(8)12-10(7)11/h3-7H,2H2,1H3,(H2,11,12). The molecule has 0 amide bonds. The van der Waals surface area contributed by atoms with Gasteiger partial charge in [-0.2, -0.15) is 0 Å². The molecule has 0 bridgehead atoms. The van der Waals surface area contributed by atoms with Crippen LogP contribution in [-0.2, 0) is 0 Å². The van der Waals surface area contributed by atoms with Crippen molar-refractivity contribution in [1.29, 1.82) is 0 Å². The Labute approximate surface area is 81.8 Å². The highest BCUT2D eigenvalue weighted by molar-refractivity contribution is 7.08. The molecule has 68 valence electrons. The monoisotopic (exact) mass is 192 g/mol. The van der Waals surface area contributed by atoms with Crippen LogP contribution in [0, 0.1) is 5.92 Å². The van der Waals surface area contributed by atoms with E-state index in [1.54, 1.807) is 11.3 Å². The first-order valence-corrected chi connectivity index (χ1v) is 5.34. The summed E-state index contributed by atoms with van der Waals surface area (Å²) in [4.78, 5) is 4.39. The van der Waals surface area contributed by atoms with Crippen LogP contribution in [0.2, 0.25) is 0 Å². The van der Waals surface area contributed by atoms with Gasteiger partial charge in [-0.05, 0) is 6.42 Å². The Morgan fingerprint density at radius 2 is 2.38 bits per heavy atom. The van der Waals surface area contributed by atoms with Crippen LogP contribution < -0.4 is 5.73 Å². The number of hydrogen-bond donors (Lipinski definition) is 1. The lowest BCUT2D eigenvalue weighted by molar-refractivity contribution is 0.813. The van der Waals surface area contributed by atoms with Crippen molar-refractivity contribution in [3.05, 3.63) is 22.4 Å². The second-order valence-corrected chi connectivity index (χ2v) is 3.87. The molecule has 2 N–H and O–H groups in total. The largest absolute Gasteiger partial charge is 0.387 e. The summed E-state index contributed by atoms with van der Waals surface area (Å²) in [5.74, 6) is 1.04. The van der Waals surface area contributed by atoms with Gasteiger partial charge in [-0.25, -0.2) is 4.99 Å². The van der Waals surface area contributed by atoms with Crippen LogP contribution in [0.25, 0.3) is 6.08 Å². The third kappa shape index (κ3) is 1.52. The fourth-order valence-corrected chi connectivity index (χ4v) is 2.13. The number of fused-ring (bicyclic) bond motifs is 1. The number of aliphatic imine (C=N–C) groups is 1. The molecule has 13 heavy (non-hydrogen) atoms. The second kappa shape index (κ2) is 3.34. The summed E-state index contributed by atoms with van der Waals surface area (Å²) in [5.41, 5.74) is 8.06. The van der Waals surface area contributed by atoms with Crippen LogP contribution >= 0.6 is 11.3 Å². The molecule has 0 fully saturated rings. The molecular formula is C10H12N2S. The predicted octanol–water partition coefficient (Wildman–Crippen LogP) is 2.79. The van der Waals surface area contributed by atoms with Crippen molar-refractivity contribution >= 4 is 28.9 Å². The first kappa shape index (κ1) is 8.51. The molecule has 2 heterocycles. The van der Waals surface area contributed by atoms with E-state index in [0.717, 1.165) is 17.9 Å². The van der Waals surface area contributed by atoms with Gasteiger partial charge < -0.3 is 5.73 Å². The predicted molar refractivity (Wildman–Crippen MR) is 58.4 cm³/mol. The molecule has 0 saturated carbocycles. The van der Waals surface area contributed by atoms with Crippen LogP contribution in [0.15, 0.2) is 21.8 Å². The molecule has 1 atom stereocenters. The van der Waals surface area contributed by atoms with Gasteiger partial charge in [0, 0.05) is 22.2 Å². The lowest BCUT2D eigenvalue weighted by Gasteiger charge is -2.06. The third-order valence-corrected chi connectivity index (χ3v) is 3.00. The van der Waals surface area contributed by atoms with Crippen LogP contribution in [0.5, 0.6) is 0 Å². The molecule has 1 aromatic heterocycles. The zero-order valence-electron chi connectivity index (χ0n) is 7.53. The summed E-state index contributed by atoms with van der Waals surface area (Å²) in [6.07, 6.45) is 5.26. The second-order valence-electron chi connectivity index (χ2n) is 3.12. The van der Waals surface area contributed by atoms with Crippen LogP contribution in [-0.4, -0.2) is 5.84 Å². The molecule has 0 aromatic carbocycles. The maximum absolute atomic E-state index is 5.87. The van der Waals surface area contributed by atoms with Gasteiger partial charge >= 0.3 is 0 Å². The van der Waals surface area contributed by atoms with Gasteiger partial charge in [-0.3, -0.25) is 0 Å². The van der Waals surface area contributed by atoms with E-state index in [0.29, 0.717) is 5.92 Å². The summed E-state index contributed by atoms with van der Waals surface area (Å²) >= 11 is 1.66. The van der Waals surface area contributed by atoms with E-state index in [-0.39, 0.29) is 0 Å². The Balaban J connectivity index is 2.44. The van der Waals surface area contributed by atoms with Crippen molar-refractivity contribution < 1.29 is 0 Å². The van der Waals surface area contributed by atoms with E-state index in [1.165, 1.54) is 5.56 Å². The highest BCUT2D eigenvalue weighted by atomic mass is 32.1. The van der Waals surface area contributed by atoms with E-state index in [4.69, 9.17) is 5.73 Å². The maximum atomic E-state index is 5.87. The van der Waals surface area contributed by atoms with E-state index >= 15 is 0 Å². The number of rotatable bonds is 1. The molecule has 1 aromatic rings. The first-order chi connectivity index (χ1) is 6.31. The van der Waals surface area contributed by atoms with E-state index in [1.807, 2.05) is 5.38 Å². The van der Waals surface area contributed by atoms with Crippen molar-refractivity contribution in [2.45, 2.75) is 13.3 Å². The Kier molecular flexibility index (Phi) is 2.19. The van der Waals surface area contributed by atoms with E-state index < -0.39 is 0 Å². The van der Waals surface area contributed by atoms with Crippen molar-refractivity contribution in [2.75, 3.05) is 0 Å². The van der Waals surface area contributed by atoms with Crippen molar-refractivity contribution in [2.24, 2.45) is 16.6 Å². The number of amidine groups is 1. The Morgan fingerprint density at radius 3 is 3.15 bits per heavy atom. The minimum atomic E-state index is 0.303. The molecule has 3 heteroatoms. The van der Waals surface area contributed by atoms with Gasteiger partial charge in [0.2, 0.25) is 0 Å². The summed E-state index contributed by atoms with van der Waals surface area (Å²) in [6.45, 7) is 2.12.